The molecule has 0 saturated carbocycles. The van der Waals surface area contributed by atoms with E-state index in [9.17, 15) is 0 Å². The molecule has 2 rings (SSSR count). The standard InChI is InChI=1S/C12H19N5S/c1-4-13-8(2)5-9(3)18-12-10-11(15-6-14-10)16-7-17-12/h6-9,13H,4-5H2,1-3H3,(H,14,15,16,17). The van der Waals surface area contributed by atoms with E-state index in [1.807, 2.05) is 0 Å². The number of nitrogens with one attached hydrogen (secondary N) is 2. The van der Waals surface area contributed by atoms with Crippen molar-refractivity contribution in [3.63, 3.8) is 0 Å². The summed E-state index contributed by atoms with van der Waals surface area (Å²) in [5.74, 6) is 0. The average Bonchev–Trinajstić information content (AvgIpc) is 2.78. The van der Waals surface area contributed by atoms with Crippen LogP contribution < -0.4 is 5.32 Å². The predicted molar refractivity (Wildman–Crippen MR) is 74.8 cm³/mol. The first-order valence-corrected chi connectivity index (χ1v) is 7.12. The molecule has 2 unspecified atom stereocenters. The number of H-pyrrole nitrogens is 1. The van der Waals surface area contributed by atoms with Gasteiger partial charge in [0.15, 0.2) is 5.65 Å². The molecule has 0 amide bonds. The number of imidazole rings is 1. The Labute approximate surface area is 111 Å². The second-order valence-electron chi connectivity index (χ2n) is 4.40. The summed E-state index contributed by atoms with van der Waals surface area (Å²) in [4.78, 5) is 15.7. The Morgan fingerprint density at radius 1 is 1.33 bits per heavy atom. The zero-order valence-corrected chi connectivity index (χ0v) is 11.8. The van der Waals surface area contributed by atoms with Crippen LogP contribution in [0.15, 0.2) is 17.7 Å². The first-order chi connectivity index (χ1) is 8.70. The van der Waals surface area contributed by atoms with Crippen LogP contribution in [0.2, 0.25) is 0 Å². The molecule has 0 aromatic carbocycles. The fourth-order valence-corrected chi connectivity index (χ4v) is 3.14. The lowest BCUT2D eigenvalue weighted by molar-refractivity contribution is 0.530. The van der Waals surface area contributed by atoms with Crippen molar-refractivity contribution in [3.05, 3.63) is 12.7 Å². The van der Waals surface area contributed by atoms with E-state index >= 15 is 0 Å². The molecule has 0 bridgehead atoms. The van der Waals surface area contributed by atoms with Crippen molar-refractivity contribution in [3.8, 4) is 0 Å². The smallest absolute Gasteiger partial charge is 0.181 e. The van der Waals surface area contributed by atoms with E-state index in [2.05, 4.69) is 46.0 Å². The highest BCUT2D eigenvalue weighted by Crippen LogP contribution is 2.28. The molecule has 2 N–H and O–H groups in total. The Hall–Kier alpha value is -1.14. The zero-order chi connectivity index (χ0) is 13.0. The van der Waals surface area contributed by atoms with E-state index in [-0.39, 0.29) is 0 Å². The van der Waals surface area contributed by atoms with Crippen molar-refractivity contribution in [2.45, 2.75) is 43.5 Å². The Balaban J connectivity index is 2.02. The molecule has 2 aromatic rings. The number of aromatic amines is 1. The van der Waals surface area contributed by atoms with E-state index in [0.29, 0.717) is 11.3 Å². The Bertz CT molecular complexity index is 498. The SMILES string of the molecule is CCNC(C)CC(C)Sc1ncnc2nc[nH]c12. The molecule has 18 heavy (non-hydrogen) atoms. The van der Waals surface area contributed by atoms with Gasteiger partial charge in [-0.1, -0.05) is 13.8 Å². The first-order valence-electron chi connectivity index (χ1n) is 6.24. The van der Waals surface area contributed by atoms with Gasteiger partial charge in [-0.15, -0.1) is 11.8 Å². The van der Waals surface area contributed by atoms with Gasteiger partial charge in [0, 0.05) is 11.3 Å². The number of hydrogen-bond acceptors (Lipinski definition) is 5. The van der Waals surface area contributed by atoms with Gasteiger partial charge in [-0.05, 0) is 19.9 Å². The van der Waals surface area contributed by atoms with Crippen molar-refractivity contribution in [1.29, 1.82) is 0 Å². The molecule has 2 heterocycles. The third-order valence-electron chi connectivity index (χ3n) is 2.74. The molecular weight excluding hydrogens is 246 g/mol. The predicted octanol–water partition coefficient (Wildman–Crippen LogP) is 2.22. The molecular formula is C12H19N5S. The molecule has 0 aliphatic rings. The highest BCUT2D eigenvalue weighted by atomic mass is 32.2. The summed E-state index contributed by atoms with van der Waals surface area (Å²) in [6, 6.07) is 0.525. The minimum atomic E-state index is 0.500. The molecule has 2 aromatic heterocycles. The summed E-state index contributed by atoms with van der Waals surface area (Å²) in [5.41, 5.74) is 1.67. The van der Waals surface area contributed by atoms with Crippen LogP contribution in [0.25, 0.3) is 11.2 Å². The fraction of sp³-hybridized carbons (Fsp3) is 0.583. The highest BCUT2D eigenvalue weighted by molar-refractivity contribution is 8.00. The number of aromatic nitrogens is 4. The number of hydrogen-bond donors (Lipinski definition) is 2. The minimum absolute atomic E-state index is 0.500. The van der Waals surface area contributed by atoms with Gasteiger partial charge in [-0.2, -0.15) is 0 Å². The first kappa shape index (κ1) is 13.3. The summed E-state index contributed by atoms with van der Waals surface area (Å²) in [6.07, 6.45) is 4.35. The third-order valence-corrected chi connectivity index (χ3v) is 3.87. The second-order valence-corrected chi connectivity index (χ2v) is 5.83. The second kappa shape index (κ2) is 6.15. The lowest BCUT2D eigenvalue weighted by atomic mass is 10.2. The van der Waals surface area contributed by atoms with Gasteiger partial charge in [-0.25, -0.2) is 15.0 Å². The van der Waals surface area contributed by atoms with E-state index < -0.39 is 0 Å². The van der Waals surface area contributed by atoms with Crippen molar-refractivity contribution < 1.29 is 0 Å². The average molecular weight is 265 g/mol. The van der Waals surface area contributed by atoms with Gasteiger partial charge in [0.1, 0.15) is 16.9 Å². The van der Waals surface area contributed by atoms with Gasteiger partial charge < -0.3 is 10.3 Å². The Morgan fingerprint density at radius 2 is 2.17 bits per heavy atom. The topological polar surface area (TPSA) is 66.5 Å². The number of nitrogens with zero attached hydrogens (tertiary/aromatic N) is 3. The lowest BCUT2D eigenvalue weighted by Crippen LogP contribution is -2.28. The van der Waals surface area contributed by atoms with Crippen LogP contribution >= 0.6 is 11.8 Å². The molecule has 0 radical (unpaired) electrons. The zero-order valence-electron chi connectivity index (χ0n) is 11.0. The van der Waals surface area contributed by atoms with Crippen LogP contribution in [-0.2, 0) is 0 Å². The highest BCUT2D eigenvalue weighted by Gasteiger charge is 2.13. The normalized spacial score (nSPS) is 14.8. The monoisotopic (exact) mass is 265 g/mol. The molecule has 0 aliphatic heterocycles. The molecule has 0 spiro atoms. The van der Waals surface area contributed by atoms with Gasteiger partial charge in [0.05, 0.1) is 6.33 Å². The van der Waals surface area contributed by atoms with Gasteiger partial charge in [-0.3, -0.25) is 0 Å². The van der Waals surface area contributed by atoms with Gasteiger partial charge in [0.2, 0.25) is 0 Å². The maximum absolute atomic E-state index is 4.33. The van der Waals surface area contributed by atoms with E-state index in [0.717, 1.165) is 29.2 Å². The largest absolute Gasteiger partial charge is 0.341 e. The third kappa shape index (κ3) is 3.20. The van der Waals surface area contributed by atoms with E-state index in [1.165, 1.54) is 0 Å². The Kier molecular flexibility index (Phi) is 4.54. The molecule has 5 nitrogen and oxygen atoms in total. The number of fused-ring (bicyclic) bond motifs is 1. The summed E-state index contributed by atoms with van der Waals surface area (Å²) in [7, 11) is 0. The molecule has 0 fully saturated rings. The minimum Gasteiger partial charge on any atom is -0.341 e. The fourth-order valence-electron chi connectivity index (χ4n) is 2.00. The molecule has 98 valence electrons. The maximum Gasteiger partial charge on any atom is 0.181 e. The maximum atomic E-state index is 4.33. The van der Waals surface area contributed by atoms with Crippen molar-refractivity contribution in [2.75, 3.05) is 6.54 Å². The van der Waals surface area contributed by atoms with Crippen molar-refractivity contribution in [1.82, 2.24) is 25.3 Å². The van der Waals surface area contributed by atoms with Crippen LogP contribution in [-0.4, -0.2) is 37.8 Å². The van der Waals surface area contributed by atoms with Crippen LogP contribution in [0.4, 0.5) is 0 Å². The molecule has 2 atom stereocenters. The lowest BCUT2D eigenvalue weighted by Gasteiger charge is -2.17. The number of thioether (sulfide) groups is 1. The summed E-state index contributed by atoms with van der Waals surface area (Å²) in [6.45, 7) is 7.58. The Morgan fingerprint density at radius 3 is 2.94 bits per heavy atom. The van der Waals surface area contributed by atoms with E-state index in [1.54, 1.807) is 24.4 Å². The summed E-state index contributed by atoms with van der Waals surface area (Å²) in [5, 5.41) is 4.91. The van der Waals surface area contributed by atoms with Gasteiger partial charge >= 0.3 is 0 Å². The van der Waals surface area contributed by atoms with E-state index in [4.69, 9.17) is 0 Å². The summed E-state index contributed by atoms with van der Waals surface area (Å²) >= 11 is 1.77. The summed E-state index contributed by atoms with van der Waals surface area (Å²) < 4.78 is 0. The number of rotatable bonds is 6. The van der Waals surface area contributed by atoms with Crippen LogP contribution in [0.1, 0.15) is 27.2 Å². The van der Waals surface area contributed by atoms with Crippen molar-refractivity contribution in [2.24, 2.45) is 0 Å². The molecule has 0 aliphatic carbocycles. The van der Waals surface area contributed by atoms with Crippen LogP contribution in [0, 0.1) is 0 Å². The van der Waals surface area contributed by atoms with Crippen LogP contribution in [0.3, 0.4) is 0 Å². The molecule has 0 saturated heterocycles. The van der Waals surface area contributed by atoms with Gasteiger partial charge in [0.25, 0.3) is 0 Å². The quantitative estimate of drug-likeness (QED) is 0.619. The van der Waals surface area contributed by atoms with Crippen LogP contribution in [0.5, 0.6) is 0 Å². The van der Waals surface area contributed by atoms with Crippen molar-refractivity contribution >= 4 is 22.9 Å². The molecule has 6 heteroatoms.